The molecule has 0 amide bonds. The SMILES string of the molecule is CC(C)S(=O)(=O)N1CCN(c2cnn(-c3cccc(Cl)c3)c(=O)c2OC2C(C)(C)c3ccccc3C2(C)C)CC1.CC1(C)C(=O)C(C)(C)c2ccccc21.CC1(C)c2ccccc2C(C)(C)C1O.O=C1Cc2ccccc2C1. The number of Topliss-reactive ketones (excluding diaryl/α,β-unsaturated/α-hetero) is 2. The number of aliphatic hydroxyl groups is 1. The molecule has 1 aromatic heterocycles. The number of fused-ring (bicyclic) bond motifs is 4. The van der Waals surface area contributed by atoms with Crippen molar-refractivity contribution >= 4 is 38.9 Å². The molecule has 13 heteroatoms. The molecule has 78 heavy (non-hydrogen) atoms. The molecule has 1 fully saturated rings. The van der Waals surface area contributed by atoms with E-state index in [1.165, 1.54) is 53.5 Å². The number of carbonyl (C=O) groups is 2. The average Bonchev–Trinajstić information content (AvgIpc) is 4.00. The summed E-state index contributed by atoms with van der Waals surface area (Å²) in [6, 6.07) is 39.9. The lowest BCUT2D eigenvalue weighted by Crippen LogP contribution is -2.51. The number of hydrogen-bond acceptors (Lipinski definition) is 9. The predicted molar refractivity (Wildman–Crippen MR) is 314 cm³/mol. The Hall–Kier alpha value is -5.92. The fourth-order valence-corrected chi connectivity index (χ4v) is 14.5. The van der Waals surface area contributed by atoms with Crippen LogP contribution in [0.4, 0.5) is 5.69 Å². The number of rotatable bonds is 6. The van der Waals surface area contributed by atoms with Crippen LogP contribution in [0.3, 0.4) is 0 Å². The molecule has 2 heterocycles. The monoisotopic (exact) mass is 1090 g/mol. The predicted octanol–water partition coefficient (Wildman–Crippen LogP) is 11.6. The van der Waals surface area contributed by atoms with Gasteiger partial charge in [-0.15, -0.1) is 0 Å². The van der Waals surface area contributed by atoms with Crippen molar-refractivity contribution < 1.29 is 27.9 Å². The fraction of sp³-hybridized carbons (Fsp3) is 0.446. The largest absolute Gasteiger partial charge is 0.481 e. The number of aromatic nitrogens is 2. The van der Waals surface area contributed by atoms with Gasteiger partial charge in [-0.05, 0) is 104 Å². The first kappa shape index (κ1) is 58.2. The summed E-state index contributed by atoms with van der Waals surface area (Å²) in [5.41, 5.74) is 8.85. The maximum absolute atomic E-state index is 14.1. The minimum atomic E-state index is -3.37. The maximum atomic E-state index is 14.1. The molecule has 1 aliphatic heterocycles. The highest BCUT2D eigenvalue weighted by Gasteiger charge is 2.54. The normalized spacial score (nSPS) is 20.0. The summed E-state index contributed by atoms with van der Waals surface area (Å²) in [4.78, 5) is 39.2. The van der Waals surface area contributed by atoms with Gasteiger partial charge < -0.3 is 14.7 Å². The van der Waals surface area contributed by atoms with Crippen molar-refractivity contribution in [1.82, 2.24) is 14.1 Å². The second-order valence-electron chi connectivity index (χ2n) is 25.2. The molecule has 11 rings (SSSR count). The second-order valence-corrected chi connectivity index (χ2v) is 28.1. The molecule has 0 unspecified atom stereocenters. The van der Waals surface area contributed by atoms with E-state index in [0.29, 0.717) is 67.0 Å². The molecule has 0 saturated carbocycles. The number of sulfonamides is 1. The van der Waals surface area contributed by atoms with Gasteiger partial charge in [0.2, 0.25) is 15.8 Å². The number of ketones is 2. The lowest BCUT2D eigenvalue weighted by Gasteiger charge is -2.39. The Morgan fingerprint density at radius 1 is 0.590 bits per heavy atom. The highest BCUT2D eigenvalue weighted by Crippen LogP contribution is 2.52. The summed E-state index contributed by atoms with van der Waals surface area (Å²) in [6.07, 6.45) is 2.30. The highest BCUT2D eigenvalue weighted by atomic mass is 35.5. The molecule has 1 N–H and O–H groups in total. The molecule has 0 bridgehead atoms. The zero-order valence-corrected chi connectivity index (χ0v) is 49.6. The van der Waals surface area contributed by atoms with Crippen LogP contribution in [0.1, 0.15) is 141 Å². The van der Waals surface area contributed by atoms with Crippen molar-refractivity contribution in [3.05, 3.63) is 187 Å². The van der Waals surface area contributed by atoms with Gasteiger partial charge in [0, 0.05) is 76.5 Å². The van der Waals surface area contributed by atoms with E-state index in [1.807, 2.05) is 81.1 Å². The third kappa shape index (κ3) is 10.4. The minimum absolute atomic E-state index is 0.125. The molecule has 0 spiro atoms. The number of anilines is 1. The number of carbonyl (C=O) groups excluding carboxylic acids is 2. The van der Waals surface area contributed by atoms with Crippen LogP contribution in [-0.2, 0) is 64.9 Å². The van der Waals surface area contributed by atoms with Gasteiger partial charge in [0.25, 0.3) is 0 Å². The van der Waals surface area contributed by atoms with Crippen molar-refractivity contribution in [3.63, 3.8) is 0 Å². The Balaban J connectivity index is 0.000000169. The molecular weight excluding hydrogens is 1020 g/mol. The topological polar surface area (TPSA) is 139 Å². The Morgan fingerprint density at radius 2 is 1.01 bits per heavy atom. The van der Waals surface area contributed by atoms with Gasteiger partial charge in [-0.3, -0.25) is 14.4 Å². The molecule has 6 aromatic rings. The summed E-state index contributed by atoms with van der Waals surface area (Å²) in [6.45, 7) is 30.0. The second kappa shape index (κ2) is 21.3. The Kier molecular flexibility index (Phi) is 15.9. The van der Waals surface area contributed by atoms with E-state index in [-0.39, 0.29) is 56.0 Å². The van der Waals surface area contributed by atoms with E-state index >= 15 is 0 Å². The van der Waals surface area contributed by atoms with Gasteiger partial charge in [-0.2, -0.15) is 14.1 Å². The Bertz CT molecular complexity index is 3290. The van der Waals surface area contributed by atoms with Crippen LogP contribution in [0, 0.1) is 0 Å². The van der Waals surface area contributed by atoms with Gasteiger partial charge >= 0.3 is 5.56 Å². The van der Waals surface area contributed by atoms with Crippen molar-refractivity contribution in [2.45, 2.75) is 160 Å². The van der Waals surface area contributed by atoms with Crippen molar-refractivity contribution in [1.29, 1.82) is 0 Å². The molecular formula is C65H79ClN4O7S. The summed E-state index contributed by atoms with van der Waals surface area (Å²) >= 11 is 6.24. The number of aliphatic hydroxyl groups excluding tert-OH is 1. The summed E-state index contributed by atoms with van der Waals surface area (Å²) in [7, 11) is -3.37. The van der Waals surface area contributed by atoms with Crippen LogP contribution >= 0.6 is 11.6 Å². The molecule has 5 aromatic carbocycles. The minimum Gasteiger partial charge on any atom is -0.481 e. The molecule has 11 nitrogen and oxygen atoms in total. The average molecular weight is 1100 g/mol. The third-order valence-corrected chi connectivity index (χ3v) is 19.9. The van der Waals surface area contributed by atoms with Crippen LogP contribution in [-0.4, -0.2) is 82.8 Å². The molecule has 0 radical (unpaired) electrons. The number of nitrogens with zero attached hydrogens (tertiary/aromatic N) is 4. The van der Waals surface area contributed by atoms with Gasteiger partial charge in [-0.25, -0.2) is 8.42 Å². The molecule has 4 aliphatic carbocycles. The van der Waals surface area contributed by atoms with Crippen molar-refractivity contribution in [3.8, 4) is 11.4 Å². The summed E-state index contributed by atoms with van der Waals surface area (Å²) in [5, 5.41) is 14.8. The van der Waals surface area contributed by atoms with Crippen molar-refractivity contribution in [2.75, 3.05) is 31.1 Å². The first-order valence-corrected chi connectivity index (χ1v) is 29.2. The standard InChI is InChI=1S/C30H37ClN4O4S.C13H18O.C13H16O.C9H8O/c1-20(2)40(37,38)34-16-14-33(15-17-34)25-19-32-35(22-11-9-10-21(31)18-22)27(36)26(25)39-28-29(3,4)23-12-7-8-13-24(23)30(28,5)6;2*1-12(2)9-7-5-6-8-10(9)13(3,4)11(12)14;10-9-5-7-3-1-2-4-8(7)6-9/h7-13,18-20,28H,14-17H2,1-6H3;5-8,11,14H,1-4H3;5-8H,1-4H3;1-4H,5-6H2. The number of ether oxygens (including phenoxy) is 1. The zero-order valence-electron chi connectivity index (χ0n) is 48.1. The van der Waals surface area contributed by atoms with Crippen molar-refractivity contribution in [2.24, 2.45) is 0 Å². The highest BCUT2D eigenvalue weighted by molar-refractivity contribution is 7.89. The Morgan fingerprint density at radius 3 is 1.45 bits per heavy atom. The van der Waals surface area contributed by atoms with Gasteiger partial charge in [0.1, 0.15) is 17.6 Å². The van der Waals surface area contributed by atoms with Gasteiger partial charge in [0.15, 0.2) is 5.78 Å². The van der Waals surface area contributed by atoms with Crippen LogP contribution in [0.15, 0.2) is 132 Å². The smallest absolute Gasteiger partial charge is 0.316 e. The number of halogens is 1. The first-order valence-electron chi connectivity index (χ1n) is 27.3. The number of hydrogen-bond donors (Lipinski definition) is 1. The summed E-state index contributed by atoms with van der Waals surface area (Å²) in [5.74, 6) is 0.876. The lowest BCUT2D eigenvalue weighted by atomic mass is 9.78. The number of piperazine rings is 1. The van der Waals surface area contributed by atoms with Gasteiger partial charge in [0.05, 0.1) is 23.2 Å². The van der Waals surface area contributed by atoms with E-state index in [1.54, 1.807) is 44.3 Å². The van der Waals surface area contributed by atoms with Crippen LogP contribution < -0.4 is 15.2 Å². The molecule has 5 aliphatic rings. The van der Waals surface area contributed by atoms with E-state index < -0.39 is 15.3 Å². The van der Waals surface area contributed by atoms with Gasteiger partial charge in [-0.1, -0.05) is 170 Å². The molecule has 414 valence electrons. The summed E-state index contributed by atoms with van der Waals surface area (Å²) < 4.78 is 35.2. The Labute approximate surface area is 468 Å². The quantitative estimate of drug-likeness (QED) is 0.173. The molecule has 1 saturated heterocycles. The maximum Gasteiger partial charge on any atom is 0.316 e. The van der Waals surface area contributed by atoms with Crippen LogP contribution in [0.25, 0.3) is 5.69 Å². The van der Waals surface area contributed by atoms with E-state index in [4.69, 9.17) is 16.3 Å². The number of benzene rings is 5. The first-order chi connectivity index (χ1) is 36.4. The van der Waals surface area contributed by atoms with E-state index in [9.17, 15) is 27.9 Å². The third-order valence-electron chi connectivity index (χ3n) is 17.3. The fourth-order valence-electron chi connectivity index (χ4n) is 13.0. The molecule has 0 atom stereocenters. The zero-order chi connectivity index (χ0) is 57.1. The van der Waals surface area contributed by atoms with Crippen LogP contribution in [0.5, 0.6) is 5.75 Å². The van der Waals surface area contributed by atoms with E-state index in [0.717, 1.165) is 0 Å². The van der Waals surface area contributed by atoms with E-state index in [2.05, 4.69) is 109 Å². The van der Waals surface area contributed by atoms with Crippen LogP contribution in [0.2, 0.25) is 5.02 Å². The lowest BCUT2D eigenvalue weighted by molar-refractivity contribution is -0.126.